The van der Waals surface area contributed by atoms with E-state index in [2.05, 4.69) is 32.6 Å². The quantitative estimate of drug-likeness (QED) is 0.511. The van der Waals surface area contributed by atoms with Crippen molar-refractivity contribution in [2.45, 2.75) is 27.2 Å². The summed E-state index contributed by atoms with van der Waals surface area (Å²) in [7, 11) is 0. The molecular weight excluding hydrogens is 120 g/mol. The Kier molecular flexibility index (Phi) is 1.72. The molecule has 0 N–H and O–H groups in total. The van der Waals surface area contributed by atoms with Crippen LogP contribution in [-0.2, 0) is 0 Å². The minimum Gasteiger partial charge on any atom is -0.0961 e. The van der Waals surface area contributed by atoms with Crippen LogP contribution in [0, 0.1) is 11.3 Å². The molecule has 0 radical (unpaired) electrons. The largest absolute Gasteiger partial charge is 0.0961 e. The van der Waals surface area contributed by atoms with Crippen molar-refractivity contribution in [3.8, 4) is 0 Å². The standard InChI is InChI=1S/C10H16/c1-8(2)5-6-9-7-10(9,3)4/h5-6,9H,1,7H2,2-4H3/b6-5+. The van der Waals surface area contributed by atoms with Gasteiger partial charge in [-0.25, -0.2) is 0 Å². The first-order valence-corrected chi connectivity index (χ1v) is 3.86. The summed E-state index contributed by atoms with van der Waals surface area (Å²) in [5.74, 6) is 0.809. The smallest absolute Gasteiger partial charge is 0.0173 e. The first kappa shape index (κ1) is 7.59. The van der Waals surface area contributed by atoms with Crippen molar-refractivity contribution in [1.82, 2.24) is 0 Å². The van der Waals surface area contributed by atoms with E-state index in [-0.39, 0.29) is 0 Å². The van der Waals surface area contributed by atoms with Gasteiger partial charge in [0.05, 0.1) is 0 Å². The summed E-state index contributed by atoms with van der Waals surface area (Å²) in [4.78, 5) is 0. The highest BCUT2D eigenvalue weighted by molar-refractivity contribution is 5.17. The van der Waals surface area contributed by atoms with Crippen molar-refractivity contribution >= 4 is 0 Å². The van der Waals surface area contributed by atoms with Crippen LogP contribution in [0.1, 0.15) is 27.2 Å². The third-order valence-electron chi connectivity index (χ3n) is 2.20. The summed E-state index contributed by atoms with van der Waals surface area (Å²) in [5, 5.41) is 0. The van der Waals surface area contributed by atoms with E-state index >= 15 is 0 Å². The molecule has 1 rings (SSSR count). The molecule has 0 aromatic heterocycles. The van der Waals surface area contributed by atoms with E-state index in [1.807, 2.05) is 6.92 Å². The minimum atomic E-state index is 0.575. The van der Waals surface area contributed by atoms with Gasteiger partial charge in [0.2, 0.25) is 0 Å². The van der Waals surface area contributed by atoms with Gasteiger partial charge in [0.1, 0.15) is 0 Å². The number of hydrogen-bond donors (Lipinski definition) is 0. The van der Waals surface area contributed by atoms with Crippen molar-refractivity contribution in [3.05, 3.63) is 24.3 Å². The van der Waals surface area contributed by atoms with Gasteiger partial charge in [-0.2, -0.15) is 0 Å². The van der Waals surface area contributed by atoms with Gasteiger partial charge in [0, 0.05) is 0 Å². The first-order valence-electron chi connectivity index (χ1n) is 3.86. The molecule has 0 heterocycles. The predicted octanol–water partition coefficient (Wildman–Crippen LogP) is 3.16. The van der Waals surface area contributed by atoms with E-state index < -0.39 is 0 Å². The van der Waals surface area contributed by atoms with E-state index in [1.165, 1.54) is 6.42 Å². The molecule has 0 aliphatic heterocycles. The highest BCUT2D eigenvalue weighted by Gasteiger charge is 2.43. The van der Waals surface area contributed by atoms with Gasteiger partial charge in [0.15, 0.2) is 0 Å². The van der Waals surface area contributed by atoms with Crippen LogP contribution in [0.2, 0.25) is 0 Å². The molecule has 1 saturated carbocycles. The lowest BCUT2D eigenvalue weighted by atomic mass is 10.1. The Labute approximate surface area is 63.6 Å². The average Bonchev–Trinajstić information content (AvgIpc) is 2.35. The van der Waals surface area contributed by atoms with Gasteiger partial charge < -0.3 is 0 Å². The summed E-state index contributed by atoms with van der Waals surface area (Å²) in [6.07, 6.45) is 5.75. The van der Waals surface area contributed by atoms with Gasteiger partial charge in [0.25, 0.3) is 0 Å². The molecular formula is C10H16. The fourth-order valence-electron chi connectivity index (χ4n) is 1.12. The van der Waals surface area contributed by atoms with E-state index in [0.29, 0.717) is 5.41 Å². The van der Waals surface area contributed by atoms with Crippen molar-refractivity contribution in [3.63, 3.8) is 0 Å². The third kappa shape index (κ3) is 1.73. The summed E-state index contributed by atoms with van der Waals surface area (Å²) >= 11 is 0. The maximum absolute atomic E-state index is 3.82. The second kappa shape index (κ2) is 2.26. The zero-order valence-electron chi connectivity index (χ0n) is 7.15. The molecule has 1 aliphatic rings. The van der Waals surface area contributed by atoms with Crippen LogP contribution in [0.4, 0.5) is 0 Å². The van der Waals surface area contributed by atoms with Crippen LogP contribution < -0.4 is 0 Å². The molecule has 0 aromatic carbocycles. The van der Waals surface area contributed by atoms with Crippen LogP contribution in [-0.4, -0.2) is 0 Å². The van der Waals surface area contributed by atoms with Gasteiger partial charge >= 0.3 is 0 Å². The molecule has 1 fully saturated rings. The van der Waals surface area contributed by atoms with Gasteiger partial charge in [-0.05, 0) is 24.7 Å². The Morgan fingerprint density at radius 2 is 2.10 bits per heavy atom. The zero-order valence-corrected chi connectivity index (χ0v) is 7.15. The Morgan fingerprint density at radius 1 is 1.60 bits per heavy atom. The fourth-order valence-corrected chi connectivity index (χ4v) is 1.12. The zero-order chi connectivity index (χ0) is 7.78. The molecule has 10 heavy (non-hydrogen) atoms. The lowest BCUT2D eigenvalue weighted by Crippen LogP contribution is -1.85. The van der Waals surface area contributed by atoms with Crippen LogP contribution in [0.15, 0.2) is 24.3 Å². The monoisotopic (exact) mass is 136 g/mol. The molecule has 0 nitrogen and oxygen atoms in total. The molecule has 0 saturated heterocycles. The van der Waals surface area contributed by atoms with Crippen LogP contribution in [0.25, 0.3) is 0 Å². The highest BCUT2D eigenvalue weighted by atomic mass is 14.5. The minimum absolute atomic E-state index is 0.575. The molecule has 0 spiro atoms. The van der Waals surface area contributed by atoms with Gasteiger partial charge in [-0.15, -0.1) is 0 Å². The molecule has 0 heteroatoms. The van der Waals surface area contributed by atoms with E-state index in [9.17, 15) is 0 Å². The second-order valence-corrected chi connectivity index (χ2v) is 4.00. The summed E-state index contributed by atoms with van der Waals surface area (Å²) < 4.78 is 0. The fraction of sp³-hybridized carbons (Fsp3) is 0.600. The number of allylic oxidation sites excluding steroid dienone is 3. The molecule has 0 aromatic rings. The summed E-state index contributed by atoms with van der Waals surface area (Å²) in [5.41, 5.74) is 1.73. The molecule has 0 bridgehead atoms. The Bertz CT molecular complexity index is 172. The second-order valence-electron chi connectivity index (χ2n) is 4.00. The van der Waals surface area contributed by atoms with E-state index in [4.69, 9.17) is 0 Å². The van der Waals surface area contributed by atoms with E-state index in [0.717, 1.165) is 11.5 Å². The molecule has 1 aliphatic carbocycles. The van der Waals surface area contributed by atoms with Gasteiger partial charge in [-0.3, -0.25) is 0 Å². The van der Waals surface area contributed by atoms with Crippen molar-refractivity contribution in [2.24, 2.45) is 11.3 Å². The van der Waals surface area contributed by atoms with E-state index in [1.54, 1.807) is 0 Å². The number of hydrogen-bond acceptors (Lipinski definition) is 0. The molecule has 56 valence electrons. The Hall–Kier alpha value is -0.520. The predicted molar refractivity (Wildman–Crippen MR) is 45.8 cm³/mol. The first-order chi connectivity index (χ1) is 4.52. The highest BCUT2D eigenvalue weighted by Crippen LogP contribution is 2.52. The molecule has 1 unspecified atom stereocenters. The maximum atomic E-state index is 3.82. The third-order valence-corrected chi connectivity index (χ3v) is 2.20. The summed E-state index contributed by atoms with van der Waals surface area (Å²) in [6.45, 7) is 10.5. The summed E-state index contributed by atoms with van der Waals surface area (Å²) in [6, 6.07) is 0. The lowest BCUT2D eigenvalue weighted by Gasteiger charge is -1.95. The van der Waals surface area contributed by atoms with Crippen LogP contribution >= 0.6 is 0 Å². The van der Waals surface area contributed by atoms with Crippen LogP contribution in [0.3, 0.4) is 0 Å². The van der Waals surface area contributed by atoms with Crippen molar-refractivity contribution in [2.75, 3.05) is 0 Å². The van der Waals surface area contributed by atoms with Gasteiger partial charge in [-0.1, -0.05) is 38.2 Å². The molecule has 1 atom stereocenters. The Balaban J connectivity index is 2.37. The SMILES string of the molecule is C=C(C)/C=C/C1CC1(C)C. The van der Waals surface area contributed by atoms with Crippen molar-refractivity contribution < 1.29 is 0 Å². The molecule has 0 amide bonds. The van der Waals surface area contributed by atoms with Crippen molar-refractivity contribution in [1.29, 1.82) is 0 Å². The van der Waals surface area contributed by atoms with Crippen LogP contribution in [0.5, 0.6) is 0 Å². The maximum Gasteiger partial charge on any atom is -0.0173 e. The topological polar surface area (TPSA) is 0 Å². The lowest BCUT2D eigenvalue weighted by molar-refractivity contribution is 0.610. The number of rotatable bonds is 2. The average molecular weight is 136 g/mol. The Morgan fingerprint density at radius 3 is 2.40 bits per heavy atom. The normalized spacial score (nSPS) is 28.9.